The Balaban J connectivity index is 2.46. The third-order valence-corrected chi connectivity index (χ3v) is 2.27. The van der Waals surface area contributed by atoms with Gasteiger partial charge in [-0.15, -0.1) is 0 Å². The van der Waals surface area contributed by atoms with Crippen molar-refractivity contribution in [1.29, 1.82) is 0 Å². The standard InChI is InChI=1S/C10H13FN2S/c1-13(2)10(14)12-7-8-3-5-9(11)6-4-8/h3-6H,7H2,1-2H3,(H,12,14). The zero-order valence-electron chi connectivity index (χ0n) is 8.25. The second-order valence-electron chi connectivity index (χ2n) is 3.18. The Morgan fingerprint density at radius 3 is 2.43 bits per heavy atom. The third-order valence-electron chi connectivity index (χ3n) is 1.76. The van der Waals surface area contributed by atoms with Crippen molar-refractivity contribution in [3.63, 3.8) is 0 Å². The Hall–Kier alpha value is -1.16. The molecule has 0 saturated carbocycles. The van der Waals surface area contributed by atoms with Crippen molar-refractivity contribution in [2.24, 2.45) is 0 Å². The summed E-state index contributed by atoms with van der Waals surface area (Å²) >= 11 is 5.04. The van der Waals surface area contributed by atoms with E-state index in [4.69, 9.17) is 12.2 Å². The zero-order valence-corrected chi connectivity index (χ0v) is 9.07. The SMILES string of the molecule is CN(C)C(=S)NCc1ccc(F)cc1. The van der Waals surface area contributed by atoms with Crippen molar-refractivity contribution in [2.45, 2.75) is 6.54 Å². The molecule has 0 aliphatic heterocycles. The molecule has 0 amide bonds. The van der Waals surface area contributed by atoms with Gasteiger partial charge in [-0.05, 0) is 29.9 Å². The van der Waals surface area contributed by atoms with E-state index in [1.54, 1.807) is 12.1 Å². The molecule has 0 spiro atoms. The van der Waals surface area contributed by atoms with Crippen LogP contribution in [0.25, 0.3) is 0 Å². The van der Waals surface area contributed by atoms with Gasteiger partial charge in [0.2, 0.25) is 0 Å². The van der Waals surface area contributed by atoms with E-state index >= 15 is 0 Å². The van der Waals surface area contributed by atoms with E-state index < -0.39 is 0 Å². The lowest BCUT2D eigenvalue weighted by Crippen LogP contribution is -2.33. The molecule has 0 aliphatic rings. The van der Waals surface area contributed by atoms with Gasteiger partial charge in [-0.1, -0.05) is 12.1 Å². The monoisotopic (exact) mass is 212 g/mol. The Labute approximate surface area is 88.7 Å². The fourth-order valence-corrected chi connectivity index (χ4v) is 1.01. The van der Waals surface area contributed by atoms with Crippen LogP contribution < -0.4 is 5.32 Å². The summed E-state index contributed by atoms with van der Waals surface area (Å²) in [5.41, 5.74) is 1.01. The van der Waals surface area contributed by atoms with Gasteiger partial charge in [-0.3, -0.25) is 0 Å². The molecule has 0 bridgehead atoms. The molecule has 4 heteroatoms. The molecule has 0 aliphatic carbocycles. The minimum Gasteiger partial charge on any atom is -0.359 e. The maximum atomic E-state index is 12.6. The fraction of sp³-hybridized carbons (Fsp3) is 0.300. The molecule has 0 fully saturated rings. The van der Waals surface area contributed by atoms with Gasteiger partial charge in [0.25, 0.3) is 0 Å². The van der Waals surface area contributed by atoms with Crippen LogP contribution in [0.4, 0.5) is 4.39 Å². The van der Waals surface area contributed by atoms with Crippen molar-refractivity contribution in [1.82, 2.24) is 10.2 Å². The third kappa shape index (κ3) is 3.30. The van der Waals surface area contributed by atoms with Crippen molar-refractivity contribution < 1.29 is 4.39 Å². The van der Waals surface area contributed by atoms with E-state index in [2.05, 4.69) is 5.32 Å². The van der Waals surface area contributed by atoms with Crippen molar-refractivity contribution in [3.8, 4) is 0 Å². The maximum Gasteiger partial charge on any atom is 0.168 e. The Morgan fingerprint density at radius 2 is 1.93 bits per heavy atom. The van der Waals surface area contributed by atoms with Crippen LogP contribution in [-0.4, -0.2) is 24.1 Å². The quantitative estimate of drug-likeness (QED) is 0.752. The Kier molecular flexibility index (Phi) is 3.83. The van der Waals surface area contributed by atoms with Crippen molar-refractivity contribution in [2.75, 3.05) is 14.1 Å². The molecular weight excluding hydrogens is 199 g/mol. The summed E-state index contributed by atoms with van der Waals surface area (Å²) < 4.78 is 12.6. The summed E-state index contributed by atoms with van der Waals surface area (Å²) in [5.74, 6) is -0.219. The van der Waals surface area contributed by atoms with E-state index in [1.165, 1.54) is 12.1 Å². The normalized spacial score (nSPS) is 9.64. The average Bonchev–Trinajstić information content (AvgIpc) is 2.16. The number of nitrogens with zero attached hydrogens (tertiary/aromatic N) is 1. The minimum atomic E-state index is -0.219. The summed E-state index contributed by atoms with van der Waals surface area (Å²) in [6, 6.07) is 6.35. The van der Waals surface area contributed by atoms with Crippen LogP contribution in [0.3, 0.4) is 0 Å². The molecule has 1 rings (SSSR count). The second-order valence-corrected chi connectivity index (χ2v) is 3.57. The summed E-state index contributed by atoms with van der Waals surface area (Å²) in [6.45, 7) is 0.622. The van der Waals surface area contributed by atoms with Gasteiger partial charge in [-0.25, -0.2) is 4.39 Å². The lowest BCUT2D eigenvalue weighted by molar-refractivity contribution is 0.599. The first-order chi connectivity index (χ1) is 6.59. The number of halogens is 1. The molecule has 0 unspecified atom stereocenters. The van der Waals surface area contributed by atoms with E-state index in [1.807, 2.05) is 19.0 Å². The Bertz CT molecular complexity index is 308. The number of hydrogen-bond acceptors (Lipinski definition) is 1. The van der Waals surface area contributed by atoms with Crippen LogP contribution in [0.15, 0.2) is 24.3 Å². The first-order valence-corrected chi connectivity index (χ1v) is 4.70. The smallest absolute Gasteiger partial charge is 0.168 e. The number of thiocarbonyl (C=S) groups is 1. The lowest BCUT2D eigenvalue weighted by Gasteiger charge is -2.15. The van der Waals surface area contributed by atoms with E-state index in [0.29, 0.717) is 11.7 Å². The molecule has 1 aromatic carbocycles. The zero-order chi connectivity index (χ0) is 10.6. The number of nitrogens with one attached hydrogen (secondary N) is 1. The van der Waals surface area contributed by atoms with Gasteiger partial charge in [0.05, 0.1) is 0 Å². The van der Waals surface area contributed by atoms with Gasteiger partial charge in [-0.2, -0.15) is 0 Å². The topological polar surface area (TPSA) is 15.3 Å². The van der Waals surface area contributed by atoms with Gasteiger partial charge < -0.3 is 10.2 Å². The molecule has 0 heterocycles. The first-order valence-electron chi connectivity index (χ1n) is 4.29. The molecule has 2 nitrogen and oxygen atoms in total. The van der Waals surface area contributed by atoms with Crippen molar-refractivity contribution in [3.05, 3.63) is 35.6 Å². The molecule has 1 aromatic rings. The summed E-state index contributed by atoms with van der Waals surface area (Å²) in [4.78, 5) is 1.82. The molecule has 1 N–H and O–H groups in total. The van der Waals surface area contributed by atoms with Crippen LogP contribution in [0.2, 0.25) is 0 Å². The lowest BCUT2D eigenvalue weighted by atomic mass is 10.2. The largest absolute Gasteiger partial charge is 0.359 e. The van der Waals surface area contributed by atoms with Crippen LogP contribution in [0, 0.1) is 5.82 Å². The van der Waals surface area contributed by atoms with Crippen molar-refractivity contribution >= 4 is 17.3 Å². The molecular formula is C10H13FN2S. The number of rotatable bonds is 2. The van der Waals surface area contributed by atoms with Crippen LogP contribution in [-0.2, 0) is 6.54 Å². The Morgan fingerprint density at radius 1 is 1.36 bits per heavy atom. The molecule has 0 radical (unpaired) electrons. The van der Waals surface area contributed by atoms with Gasteiger partial charge in [0.15, 0.2) is 5.11 Å². The molecule has 0 aromatic heterocycles. The average molecular weight is 212 g/mol. The highest BCUT2D eigenvalue weighted by atomic mass is 32.1. The summed E-state index contributed by atoms with van der Waals surface area (Å²) in [6.07, 6.45) is 0. The number of benzene rings is 1. The van der Waals surface area contributed by atoms with E-state index in [-0.39, 0.29) is 5.82 Å². The molecule has 76 valence electrons. The predicted octanol–water partition coefficient (Wildman–Crippen LogP) is 1.76. The van der Waals surface area contributed by atoms with Gasteiger partial charge in [0.1, 0.15) is 5.82 Å². The predicted molar refractivity (Wildman–Crippen MR) is 59.5 cm³/mol. The summed E-state index contributed by atoms with van der Waals surface area (Å²) in [5, 5.41) is 3.73. The summed E-state index contributed by atoms with van der Waals surface area (Å²) in [7, 11) is 3.75. The molecule has 0 atom stereocenters. The minimum absolute atomic E-state index is 0.219. The first kappa shape index (κ1) is 10.9. The van der Waals surface area contributed by atoms with E-state index in [9.17, 15) is 4.39 Å². The van der Waals surface area contributed by atoms with Gasteiger partial charge >= 0.3 is 0 Å². The van der Waals surface area contributed by atoms with Crippen LogP contribution >= 0.6 is 12.2 Å². The van der Waals surface area contributed by atoms with Gasteiger partial charge in [0, 0.05) is 20.6 Å². The maximum absolute atomic E-state index is 12.6. The number of hydrogen-bond donors (Lipinski definition) is 1. The second kappa shape index (κ2) is 4.91. The molecule has 0 saturated heterocycles. The molecule has 14 heavy (non-hydrogen) atoms. The highest BCUT2D eigenvalue weighted by molar-refractivity contribution is 7.80. The fourth-order valence-electron chi connectivity index (χ4n) is 0.938. The van der Waals surface area contributed by atoms with Crippen LogP contribution in [0.1, 0.15) is 5.56 Å². The highest BCUT2D eigenvalue weighted by Crippen LogP contribution is 2.02. The van der Waals surface area contributed by atoms with Crippen LogP contribution in [0.5, 0.6) is 0 Å². The highest BCUT2D eigenvalue weighted by Gasteiger charge is 1.98. The van der Waals surface area contributed by atoms with E-state index in [0.717, 1.165) is 5.56 Å².